The second kappa shape index (κ2) is 3.18. The molecule has 1 unspecified atom stereocenters. The predicted octanol–water partition coefficient (Wildman–Crippen LogP) is 0.618. The Morgan fingerprint density at radius 3 is 2.43 bits per heavy atom. The Kier molecular flexibility index (Phi) is 3.25. The lowest BCUT2D eigenvalue weighted by Crippen LogP contribution is -1.92. The summed E-state index contributed by atoms with van der Waals surface area (Å²) >= 11 is 3.01. The molecule has 7 heavy (non-hydrogen) atoms. The Balaban J connectivity index is 3.32. The topological polar surface area (TPSA) is 40.1 Å². The zero-order valence-electron chi connectivity index (χ0n) is 3.52. The summed E-state index contributed by atoms with van der Waals surface area (Å²) in [5.74, 6) is -0.151. The smallest absolute Gasteiger partial charge is 0.0455 e. The molecule has 0 aromatic carbocycles. The third-order valence-corrected chi connectivity index (χ3v) is 1.15. The Bertz CT molecular complexity index is 89.1. The molecule has 0 aromatic rings. The maximum absolute atomic E-state index is 9.66. The fourth-order valence-corrected chi connectivity index (χ4v) is 0.651. The van der Waals surface area contributed by atoms with Gasteiger partial charge in [0.15, 0.2) is 0 Å². The van der Waals surface area contributed by atoms with Crippen molar-refractivity contribution in [3.63, 3.8) is 0 Å². The molecule has 0 spiro atoms. The van der Waals surface area contributed by atoms with Crippen molar-refractivity contribution in [3.05, 3.63) is 11.6 Å². The monoisotopic (exact) mass is 139 g/mol. The highest BCUT2D eigenvalue weighted by Crippen LogP contribution is 1.95. The van der Waals surface area contributed by atoms with Gasteiger partial charge in [0.1, 0.15) is 0 Å². The zero-order chi connectivity index (χ0) is 5.86. The average Bonchev–Trinajstić information content (AvgIpc) is 1.27. The second-order valence-electron chi connectivity index (χ2n) is 0.965. The first-order valence-corrected chi connectivity index (χ1v) is 3.14. The van der Waals surface area contributed by atoms with E-state index in [0.29, 0.717) is 0 Å². The second-order valence-corrected chi connectivity index (χ2v) is 2.40. The molecule has 0 radical (unpaired) electrons. The Labute approximate surface area is 49.5 Å². The van der Waals surface area contributed by atoms with Crippen LogP contribution in [0.25, 0.3) is 0 Å². The van der Waals surface area contributed by atoms with Gasteiger partial charge in [-0.05, 0) is 11.1 Å². The molecule has 0 amide bonds. The zero-order valence-corrected chi connectivity index (χ0v) is 5.09. The Morgan fingerprint density at radius 2 is 2.43 bits per heavy atom. The van der Waals surface area contributed by atoms with Gasteiger partial charge in [-0.15, -0.1) is 0 Å². The van der Waals surface area contributed by atoms with Gasteiger partial charge in [0.2, 0.25) is 0 Å². The summed E-state index contributed by atoms with van der Waals surface area (Å²) in [7, 11) is 0. The molecule has 0 heterocycles. The highest BCUT2D eigenvalue weighted by Gasteiger charge is 1.83. The van der Waals surface area contributed by atoms with Gasteiger partial charge in [-0.25, -0.2) is 0 Å². The van der Waals surface area contributed by atoms with E-state index in [-0.39, 0.29) is 10.8 Å². The van der Waals surface area contributed by atoms with Gasteiger partial charge >= 0.3 is 0 Å². The van der Waals surface area contributed by atoms with Crippen LogP contribution in [-0.4, -0.2) is 14.5 Å². The van der Waals surface area contributed by atoms with E-state index in [1.165, 1.54) is 0 Å². The van der Waals surface area contributed by atoms with Crippen LogP contribution < -0.4 is 0 Å². The lowest BCUT2D eigenvalue weighted by atomic mass is 10.8. The Hall–Kier alpha value is 0.140. The van der Waals surface area contributed by atoms with Crippen molar-refractivity contribution in [2.75, 3.05) is 5.75 Å². The molecule has 0 aliphatic carbocycles. The summed E-state index contributed by atoms with van der Waals surface area (Å²) in [6.07, 6.45) is 0. The predicted molar refractivity (Wildman–Crippen MR) is 28.8 cm³/mol. The van der Waals surface area contributed by atoms with Gasteiger partial charge in [0.25, 0.3) is 0 Å². The molecule has 0 saturated heterocycles. The summed E-state index contributed by atoms with van der Waals surface area (Å²) in [5.41, 5.74) is 0. The molecule has 0 aliphatic rings. The molecule has 0 fully saturated rings. The summed E-state index contributed by atoms with van der Waals surface area (Å²) < 4.78 is 19.3. The quantitative estimate of drug-likeness (QED) is 0.527. The van der Waals surface area contributed by atoms with Crippen LogP contribution in [0.1, 0.15) is 0 Å². The largest absolute Gasteiger partial charge is 0.772 e. The summed E-state index contributed by atoms with van der Waals surface area (Å²) in [6, 6.07) is 0. The molecular weight excluding hydrogens is 136 g/mol. The molecule has 0 aliphatic heterocycles. The molecule has 42 valence electrons. The van der Waals surface area contributed by atoms with E-state index in [1.807, 2.05) is 0 Å². The van der Waals surface area contributed by atoms with Crippen LogP contribution in [0.2, 0.25) is 0 Å². The molecule has 0 N–H and O–H groups in total. The first-order chi connectivity index (χ1) is 3.13. The normalized spacial score (nSPS) is 13.4. The van der Waals surface area contributed by atoms with Gasteiger partial charge in [-0.3, -0.25) is 4.21 Å². The van der Waals surface area contributed by atoms with Gasteiger partial charge in [-0.2, -0.15) is 0 Å². The average molecular weight is 140 g/mol. The molecule has 0 aromatic heterocycles. The van der Waals surface area contributed by atoms with Gasteiger partial charge in [0, 0.05) is 10.8 Å². The summed E-state index contributed by atoms with van der Waals surface area (Å²) in [6.45, 7) is 3.17. The lowest BCUT2D eigenvalue weighted by Gasteiger charge is -1.99. The van der Waals surface area contributed by atoms with Gasteiger partial charge in [-0.1, -0.05) is 18.2 Å². The third kappa shape index (κ3) is 6.14. The maximum Gasteiger partial charge on any atom is 0.0455 e. The minimum absolute atomic E-state index is 0.147. The first-order valence-electron chi connectivity index (χ1n) is 1.52. The molecule has 2 nitrogen and oxygen atoms in total. The molecule has 0 saturated carbocycles. The van der Waals surface area contributed by atoms with Crippen molar-refractivity contribution in [1.29, 1.82) is 0 Å². The maximum atomic E-state index is 9.66. The molecule has 1 atom stereocenters. The van der Waals surface area contributed by atoms with Gasteiger partial charge < -0.3 is 4.55 Å². The standard InChI is InChI=1S/C3H5ClO2S/c1-3(4)2-7(5)6/h1-2H2,(H,5,6)/p-1. The van der Waals surface area contributed by atoms with Crippen LogP contribution in [0, 0.1) is 0 Å². The SMILES string of the molecule is C=C(Cl)CS(=O)[O-]. The number of hydrogen-bond donors (Lipinski definition) is 0. The van der Waals surface area contributed by atoms with Crippen molar-refractivity contribution < 1.29 is 8.76 Å². The minimum Gasteiger partial charge on any atom is -0.772 e. The lowest BCUT2D eigenvalue weighted by molar-refractivity contribution is 0.540. The van der Waals surface area contributed by atoms with Crippen molar-refractivity contribution in [3.8, 4) is 0 Å². The van der Waals surface area contributed by atoms with Crippen LogP contribution in [0.4, 0.5) is 0 Å². The molecular formula is C3H4ClO2S-. The highest BCUT2D eigenvalue weighted by atomic mass is 35.5. The number of halogens is 1. The van der Waals surface area contributed by atoms with Crippen LogP contribution in [0.3, 0.4) is 0 Å². The number of hydrogen-bond acceptors (Lipinski definition) is 2. The van der Waals surface area contributed by atoms with E-state index in [1.54, 1.807) is 0 Å². The van der Waals surface area contributed by atoms with E-state index in [0.717, 1.165) is 0 Å². The molecule has 0 bridgehead atoms. The van der Waals surface area contributed by atoms with Crippen molar-refractivity contribution in [2.45, 2.75) is 0 Å². The van der Waals surface area contributed by atoms with Crippen LogP contribution in [0.5, 0.6) is 0 Å². The van der Waals surface area contributed by atoms with E-state index in [9.17, 15) is 8.76 Å². The summed E-state index contributed by atoms with van der Waals surface area (Å²) in [4.78, 5) is 0. The van der Waals surface area contributed by atoms with Crippen molar-refractivity contribution in [1.82, 2.24) is 0 Å². The number of rotatable bonds is 2. The van der Waals surface area contributed by atoms with Gasteiger partial charge in [0.05, 0.1) is 0 Å². The van der Waals surface area contributed by atoms with Crippen LogP contribution >= 0.6 is 11.6 Å². The third-order valence-electron chi connectivity index (χ3n) is 0.274. The minimum atomic E-state index is -2.08. The van der Waals surface area contributed by atoms with Crippen molar-refractivity contribution in [2.24, 2.45) is 0 Å². The van der Waals surface area contributed by atoms with E-state index >= 15 is 0 Å². The highest BCUT2D eigenvalue weighted by molar-refractivity contribution is 7.79. The summed E-state index contributed by atoms with van der Waals surface area (Å²) in [5, 5.41) is 0.147. The van der Waals surface area contributed by atoms with Crippen molar-refractivity contribution >= 4 is 22.7 Å². The Morgan fingerprint density at radius 1 is 2.00 bits per heavy atom. The van der Waals surface area contributed by atoms with E-state index in [4.69, 9.17) is 11.6 Å². The van der Waals surface area contributed by atoms with E-state index < -0.39 is 11.1 Å². The fourth-order valence-electron chi connectivity index (χ4n) is 0.128. The first kappa shape index (κ1) is 7.14. The fraction of sp³-hybridized carbons (Fsp3) is 0.333. The van der Waals surface area contributed by atoms with Crippen LogP contribution in [-0.2, 0) is 11.1 Å². The molecule has 0 rings (SSSR count). The van der Waals surface area contributed by atoms with Crippen LogP contribution in [0.15, 0.2) is 11.6 Å². The molecule has 4 heteroatoms. The van der Waals surface area contributed by atoms with E-state index in [2.05, 4.69) is 6.58 Å².